The Labute approximate surface area is 101 Å². The van der Waals surface area contributed by atoms with Crippen molar-refractivity contribution in [3.63, 3.8) is 0 Å². The molecule has 0 aromatic rings. The minimum absolute atomic E-state index is 0.00144. The fourth-order valence-electron chi connectivity index (χ4n) is 2.74. The van der Waals surface area contributed by atoms with E-state index in [1.807, 2.05) is 0 Å². The van der Waals surface area contributed by atoms with Crippen molar-refractivity contribution < 1.29 is 14.7 Å². The smallest absolute Gasteiger partial charge is 0.306 e. The Morgan fingerprint density at radius 3 is 2.47 bits per heavy atom. The second kappa shape index (κ2) is 4.64. The first kappa shape index (κ1) is 12.4. The second-order valence-electron chi connectivity index (χ2n) is 5.33. The van der Waals surface area contributed by atoms with Crippen molar-refractivity contribution in [2.24, 2.45) is 23.5 Å². The summed E-state index contributed by atoms with van der Waals surface area (Å²) in [5.41, 5.74) is 5.90. The van der Waals surface area contributed by atoms with E-state index in [0.717, 1.165) is 19.3 Å². The monoisotopic (exact) mass is 240 g/mol. The van der Waals surface area contributed by atoms with Gasteiger partial charge in [-0.2, -0.15) is 0 Å². The number of likely N-dealkylation sites (tertiary alicyclic amines) is 1. The van der Waals surface area contributed by atoms with Crippen LogP contribution in [0.2, 0.25) is 0 Å². The average molecular weight is 240 g/mol. The summed E-state index contributed by atoms with van der Waals surface area (Å²) in [6, 6.07) is -0.00144. The molecule has 2 rings (SSSR count). The largest absolute Gasteiger partial charge is 0.481 e. The summed E-state index contributed by atoms with van der Waals surface area (Å²) in [4.78, 5) is 24.6. The molecule has 1 aliphatic heterocycles. The van der Waals surface area contributed by atoms with Gasteiger partial charge in [0, 0.05) is 25.0 Å². The van der Waals surface area contributed by atoms with Crippen LogP contribution in [-0.2, 0) is 9.59 Å². The lowest BCUT2D eigenvalue weighted by Crippen LogP contribution is -2.56. The van der Waals surface area contributed by atoms with E-state index in [4.69, 9.17) is 10.8 Å². The maximum absolute atomic E-state index is 12.1. The molecule has 1 aliphatic carbocycles. The van der Waals surface area contributed by atoms with Gasteiger partial charge in [0.15, 0.2) is 0 Å². The van der Waals surface area contributed by atoms with Crippen LogP contribution in [0.15, 0.2) is 0 Å². The zero-order chi connectivity index (χ0) is 12.6. The molecule has 3 N–H and O–H groups in total. The van der Waals surface area contributed by atoms with Crippen LogP contribution >= 0.6 is 0 Å². The molecule has 0 aromatic heterocycles. The fourth-order valence-corrected chi connectivity index (χ4v) is 2.74. The molecule has 1 heterocycles. The van der Waals surface area contributed by atoms with Crippen LogP contribution in [0.5, 0.6) is 0 Å². The Morgan fingerprint density at radius 1 is 1.35 bits per heavy atom. The topological polar surface area (TPSA) is 83.6 Å². The number of amides is 1. The lowest BCUT2D eigenvalue weighted by atomic mass is 9.86. The normalized spacial score (nSPS) is 31.1. The highest BCUT2D eigenvalue weighted by Crippen LogP contribution is 2.31. The van der Waals surface area contributed by atoms with Gasteiger partial charge < -0.3 is 15.7 Å². The van der Waals surface area contributed by atoms with Gasteiger partial charge in [-0.25, -0.2) is 0 Å². The van der Waals surface area contributed by atoms with E-state index in [0.29, 0.717) is 13.1 Å². The lowest BCUT2D eigenvalue weighted by Gasteiger charge is -2.42. The molecule has 0 spiro atoms. The molecule has 1 amide bonds. The Hall–Kier alpha value is -1.10. The Kier molecular flexibility index (Phi) is 3.38. The maximum Gasteiger partial charge on any atom is 0.306 e. The number of nitrogens with two attached hydrogens (primary N) is 1. The van der Waals surface area contributed by atoms with Gasteiger partial charge in [-0.05, 0) is 12.8 Å². The number of hydrogen-bond donors (Lipinski definition) is 2. The number of aliphatic carboxylic acids is 1. The van der Waals surface area contributed by atoms with Gasteiger partial charge in [-0.3, -0.25) is 9.59 Å². The number of carbonyl (C=O) groups excluding carboxylic acids is 1. The van der Waals surface area contributed by atoms with Crippen molar-refractivity contribution in [2.45, 2.75) is 32.2 Å². The van der Waals surface area contributed by atoms with Crippen molar-refractivity contribution in [3.8, 4) is 0 Å². The number of carboxylic acids is 1. The molecule has 2 fully saturated rings. The van der Waals surface area contributed by atoms with E-state index in [1.54, 1.807) is 11.8 Å². The zero-order valence-corrected chi connectivity index (χ0v) is 10.1. The first-order valence-corrected chi connectivity index (χ1v) is 6.28. The Morgan fingerprint density at radius 2 is 2.00 bits per heavy atom. The first-order chi connectivity index (χ1) is 8.00. The number of rotatable bonds is 3. The summed E-state index contributed by atoms with van der Waals surface area (Å²) >= 11 is 0. The summed E-state index contributed by atoms with van der Waals surface area (Å²) in [5, 5.41) is 8.87. The number of nitrogens with zero attached hydrogens (tertiary/aromatic N) is 1. The molecule has 3 unspecified atom stereocenters. The molecule has 1 saturated carbocycles. The number of hydrogen-bond acceptors (Lipinski definition) is 3. The van der Waals surface area contributed by atoms with E-state index in [1.165, 1.54) is 0 Å². The highest BCUT2D eigenvalue weighted by molar-refractivity contribution is 5.81. The standard InChI is InChI=1S/C12H20N2O3/c1-7(12(16)17)8-5-14(6-8)11(15)9-3-2-4-10(9)13/h7-10H,2-6,13H2,1H3,(H,16,17). The van der Waals surface area contributed by atoms with Crippen LogP contribution in [0, 0.1) is 17.8 Å². The SMILES string of the molecule is CC(C(=O)O)C1CN(C(=O)C2CCCC2N)C1. The Bertz CT molecular complexity index is 326. The third kappa shape index (κ3) is 2.29. The van der Waals surface area contributed by atoms with Crippen molar-refractivity contribution >= 4 is 11.9 Å². The van der Waals surface area contributed by atoms with Crippen LogP contribution in [0.3, 0.4) is 0 Å². The second-order valence-corrected chi connectivity index (χ2v) is 5.33. The van der Waals surface area contributed by atoms with Crippen LogP contribution in [-0.4, -0.2) is 41.0 Å². The number of carbonyl (C=O) groups is 2. The Balaban J connectivity index is 1.83. The summed E-state index contributed by atoms with van der Waals surface area (Å²) in [7, 11) is 0. The number of carboxylic acid groups (broad SMARTS) is 1. The van der Waals surface area contributed by atoms with Gasteiger partial charge in [-0.15, -0.1) is 0 Å². The highest BCUT2D eigenvalue weighted by atomic mass is 16.4. The summed E-state index contributed by atoms with van der Waals surface area (Å²) in [5.74, 6) is -0.940. The van der Waals surface area contributed by atoms with E-state index < -0.39 is 5.97 Å². The molecular weight excluding hydrogens is 220 g/mol. The van der Waals surface area contributed by atoms with E-state index in [9.17, 15) is 9.59 Å². The van der Waals surface area contributed by atoms with Crippen molar-refractivity contribution in [2.75, 3.05) is 13.1 Å². The third-order valence-corrected chi connectivity index (χ3v) is 4.20. The van der Waals surface area contributed by atoms with E-state index in [-0.39, 0.29) is 29.7 Å². The van der Waals surface area contributed by atoms with Gasteiger partial charge in [0.2, 0.25) is 5.91 Å². The van der Waals surface area contributed by atoms with Gasteiger partial charge in [-0.1, -0.05) is 13.3 Å². The maximum atomic E-state index is 12.1. The van der Waals surface area contributed by atoms with Crippen LogP contribution in [0.1, 0.15) is 26.2 Å². The molecule has 5 heteroatoms. The van der Waals surface area contributed by atoms with Gasteiger partial charge in [0.1, 0.15) is 0 Å². The van der Waals surface area contributed by atoms with Gasteiger partial charge in [0.05, 0.1) is 11.8 Å². The molecule has 0 bridgehead atoms. The highest BCUT2D eigenvalue weighted by Gasteiger charge is 2.41. The summed E-state index contributed by atoms with van der Waals surface area (Å²) in [6.07, 6.45) is 2.84. The molecule has 0 aromatic carbocycles. The third-order valence-electron chi connectivity index (χ3n) is 4.20. The molecule has 0 radical (unpaired) electrons. The molecule has 96 valence electrons. The molecule has 1 saturated heterocycles. The predicted molar refractivity (Wildman–Crippen MR) is 62.2 cm³/mol. The van der Waals surface area contributed by atoms with Crippen molar-refractivity contribution in [3.05, 3.63) is 0 Å². The van der Waals surface area contributed by atoms with Crippen LogP contribution in [0.25, 0.3) is 0 Å². The van der Waals surface area contributed by atoms with Gasteiger partial charge in [0.25, 0.3) is 0 Å². The van der Waals surface area contributed by atoms with Crippen LogP contribution < -0.4 is 5.73 Å². The van der Waals surface area contributed by atoms with Crippen molar-refractivity contribution in [1.29, 1.82) is 0 Å². The minimum Gasteiger partial charge on any atom is -0.481 e. The quantitative estimate of drug-likeness (QED) is 0.742. The summed E-state index contributed by atoms with van der Waals surface area (Å²) < 4.78 is 0. The predicted octanol–water partition coefficient (Wildman–Crippen LogP) is 0.293. The molecule has 2 aliphatic rings. The summed E-state index contributed by atoms with van der Waals surface area (Å²) in [6.45, 7) is 2.86. The molecule has 17 heavy (non-hydrogen) atoms. The fraction of sp³-hybridized carbons (Fsp3) is 0.833. The first-order valence-electron chi connectivity index (χ1n) is 6.28. The van der Waals surface area contributed by atoms with Crippen LogP contribution in [0.4, 0.5) is 0 Å². The average Bonchev–Trinajstić information content (AvgIpc) is 2.61. The minimum atomic E-state index is -0.778. The zero-order valence-electron chi connectivity index (χ0n) is 10.1. The molecular formula is C12H20N2O3. The van der Waals surface area contributed by atoms with Crippen molar-refractivity contribution in [1.82, 2.24) is 4.90 Å². The van der Waals surface area contributed by atoms with Gasteiger partial charge >= 0.3 is 5.97 Å². The molecule has 5 nitrogen and oxygen atoms in total. The van der Waals surface area contributed by atoms with E-state index >= 15 is 0 Å². The molecule has 3 atom stereocenters. The lowest BCUT2D eigenvalue weighted by molar-refractivity contribution is -0.152. The van der Waals surface area contributed by atoms with E-state index in [2.05, 4.69) is 0 Å².